The number of benzene rings is 11. The van der Waals surface area contributed by atoms with Crippen LogP contribution in [0.2, 0.25) is 0 Å². The quantitative estimate of drug-likeness (QED) is 0.146. The Morgan fingerprint density at radius 3 is 1.58 bits per heavy atom. The van der Waals surface area contributed by atoms with Gasteiger partial charge in [0.05, 0.1) is 11.0 Å². The Labute approximate surface area is 360 Å². The van der Waals surface area contributed by atoms with Crippen molar-refractivity contribution in [1.82, 2.24) is 4.57 Å². The molecular formula is C60H40N2. The van der Waals surface area contributed by atoms with E-state index in [9.17, 15) is 0 Å². The molecule has 0 amide bonds. The molecule has 0 saturated carbocycles. The average molecular weight is 789 g/mol. The number of nitrogens with zero attached hydrogens (tertiary/aromatic N) is 2. The minimum Gasteiger partial charge on any atom is -0.310 e. The molecule has 0 aliphatic heterocycles. The van der Waals surface area contributed by atoms with Gasteiger partial charge < -0.3 is 9.47 Å². The second-order valence-electron chi connectivity index (χ2n) is 16.1. The molecule has 0 unspecified atom stereocenters. The number of hydrogen-bond donors (Lipinski definition) is 0. The van der Waals surface area contributed by atoms with Crippen molar-refractivity contribution in [3.8, 4) is 39.1 Å². The van der Waals surface area contributed by atoms with Crippen LogP contribution in [-0.2, 0) is 0 Å². The SMILES string of the molecule is c1ccc(-c2ccc(N(c3ccc(-c4ccc5c(ccc6ccccc65)c4)cc3)c3cccc(-c4cc5ccccc5c5c4c4ccccc4n5-c4ccccc4)c3)cc2)cc1. The van der Waals surface area contributed by atoms with Crippen LogP contribution in [-0.4, -0.2) is 4.57 Å². The molecule has 1 aromatic heterocycles. The molecule has 0 atom stereocenters. The summed E-state index contributed by atoms with van der Waals surface area (Å²) in [6.45, 7) is 0. The molecule has 0 saturated heterocycles. The van der Waals surface area contributed by atoms with E-state index >= 15 is 0 Å². The molecule has 12 aromatic rings. The van der Waals surface area contributed by atoms with Gasteiger partial charge in [0.2, 0.25) is 0 Å². The van der Waals surface area contributed by atoms with E-state index in [0.717, 1.165) is 22.7 Å². The maximum absolute atomic E-state index is 2.44. The number of aromatic nitrogens is 1. The molecule has 0 aliphatic rings. The lowest BCUT2D eigenvalue weighted by molar-refractivity contribution is 1.19. The van der Waals surface area contributed by atoms with Gasteiger partial charge in [0.15, 0.2) is 0 Å². The van der Waals surface area contributed by atoms with Gasteiger partial charge in [0, 0.05) is 38.9 Å². The summed E-state index contributed by atoms with van der Waals surface area (Å²) in [6.07, 6.45) is 0. The Morgan fingerprint density at radius 1 is 0.290 bits per heavy atom. The van der Waals surface area contributed by atoms with Crippen LogP contribution in [0.25, 0.3) is 93.2 Å². The highest BCUT2D eigenvalue weighted by Crippen LogP contribution is 2.45. The molecule has 0 aliphatic carbocycles. The fourth-order valence-corrected chi connectivity index (χ4v) is 9.60. The third kappa shape index (κ3) is 6.04. The second kappa shape index (κ2) is 14.8. The number of rotatable bonds is 7. The fraction of sp³-hybridized carbons (Fsp3) is 0. The van der Waals surface area contributed by atoms with E-state index in [-0.39, 0.29) is 0 Å². The first-order chi connectivity index (χ1) is 30.7. The summed E-state index contributed by atoms with van der Waals surface area (Å²) in [6, 6.07) is 88.5. The molecule has 0 bridgehead atoms. The van der Waals surface area contributed by atoms with Gasteiger partial charge in [-0.25, -0.2) is 0 Å². The largest absolute Gasteiger partial charge is 0.310 e. The first-order valence-corrected chi connectivity index (χ1v) is 21.3. The molecule has 2 nitrogen and oxygen atoms in total. The Hall–Kier alpha value is -8.20. The van der Waals surface area contributed by atoms with Crippen LogP contribution < -0.4 is 4.90 Å². The summed E-state index contributed by atoms with van der Waals surface area (Å²) in [4.78, 5) is 2.39. The van der Waals surface area contributed by atoms with E-state index < -0.39 is 0 Å². The normalized spacial score (nSPS) is 11.5. The Morgan fingerprint density at radius 2 is 0.823 bits per heavy atom. The van der Waals surface area contributed by atoms with Crippen molar-refractivity contribution >= 4 is 71.2 Å². The van der Waals surface area contributed by atoms with E-state index in [2.05, 4.69) is 252 Å². The first kappa shape index (κ1) is 35.7. The molecule has 2 heteroatoms. The fourth-order valence-electron chi connectivity index (χ4n) is 9.60. The lowest BCUT2D eigenvalue weighted by atomic mass is 9.94. The van der Waals surface area contributed by atoms with Crippen LogP contribution in [0.4, 0.5) is 17.1 Å². The van der Waals surface area contributed by atoms with Crippen molar-refractivity contribution in [3.63, 3.8) is 0 Å². The average Bonchev–Trinajstić information content (AvgIpc) is 3.70. The van der Waals surface area contributed by atoms with Crippen LogP contribution in [0.3, 0.4) is 0 Å². The smallest absolute Gasteiger partial charge is 0.0625 e. The van der Waals surface area contributed by atoms with Crippen LogP contribution >= 0.6 is 0 Å². The summed E-state index contributed by atoms with van der Waals surface area (Å²) in [5.74, 6) is 0. The Bertz CT molecular complexity index is 3600. The molecule has 0 N–H and O–H groups in total. The summed E-state index contributed by atoms with van der Waals surface area (Å²) < 4.78 is 2.44. The molecule has 0 radical (unpaired) electrons. The predicted molar refractivity (Wildman–Crippen MR) is 264 cm³/mol. The maximum Gasteiger partial charge on any atom is 0.0625 e. The molecule has 0 fully saturated rings. The van der Waals surface area contributed by atoms with Crippen molar-refractivity contribution in [2.24, 2.45) is 0 Å². The highest BCUT2D eigenvalue weighted by Gasteiger charge is 2.21. The van der Waals surface area contributed by atoms with Crippen LogP contribution in [0, 0.1) is 0 Å². The summed E-state index contributed by atoms with van der Waals surface area (Å²) in [5, 5.41) is 10.0. The van der Waals surface area contributed by atoms with E-state index in [4.69, 9.17) is 0 Å². The van der Waals surface area contributed by atoms with Gasteiger partial charge in [-0.3, -0.25) is 0 Å². The van der Waals surface area contributed by atoms with Crippen molar-refractivity contribution in [2.45, 2.75) is 0 Å². The molecule has 62 heavy (non-hydrogen) atoms. The highest BCUT2D eigenvalue weighted by molar-refractivity contribution is 6.24. The van der Waals surface area contributed by atoms with Crippen molar-refractivity contribution < 1.29 is 0 Å². The molecule has 12 rings (SSSR count). The maximum atomic E-state index is 2.44. The minimum absolute atomic E-state index is 1.09. The molecule has 1 heterocycles. The number of para-hydroxylation sites is 2. The first-order valence-electron chi connectivity index (χ1n) is 21.3. The van der Waals surface area contributed by atoms with Gasteiger partial charge in [-0.2, -0.15) is 0 Å². The number of anilines is 3. The molecule has 11 aromatic carbocycles. The predicted octanol–water partition coefficient (Wildman–Crippen LogP) is 16.7. The monoisotopic (exact) mass is 788 g/mol. The molecular weight excluding hydrogens is 749 g/mol. The van der Waals surface area contributed by atoms with Crippen molar-refractivity contribution in [1.29, 1.82) is 0 Å². The summed E-state index contributed by atoms with van der Waals surface area (Å²) in [5.41, 5.74) is 14.0. The minimum atomic E-state index is 1.09. The van der Waals surface area contributed by atoms with Gasteiger partial charge in [0.25, 0.3) is 0 Å². The molecule has 0 spiro atoms. The van der Waals surface area contributed by atoms with Crippen molar-refractivity contribution in [2.75, 3.05) is 4.90 Å². The van der Waals surface area contributed by atoms with Gasteiger partial charge in [-0.15, -0.1) is 0 Å². The van der Waals surface area contributed by atoms with E-state index in [0.29, 0.717) is 0 Å². The number of fused-ring (bicyclic) bond motifs is 8. The lowest BCUT2D eigenvalue weighted by Crippen LogP contribution is -2.10. The van der Waals surface area contributed by atoms with Crippen LogP contribution in [0.15, 0.2) is 243 Å². The van der Waals surface area contributed by atoms with E-state index in [1.54, 1.807) is 0 Å². The zero-order chi connectivity index (χ0) is 41.0. The summed E-state index contributed by atoms with van der Waals surface area (Å²) in [7, 11) is 0. The van der Waals surface area contributed by atoms with Crippen LogP contribution in [0.5, 0.6) is 0 Å². The van der Waals surface area contributed by atoms with Gasteiger partial charge in [-0.05, 0) is 127 Å². The van der Waals surface area contributed by atoms with Gasteiger partial charge in [0.1, 0.15) is 0 Å². The zero-order valence-corrected chi connectivity index (χ0v) is 34.0. The van der Waals surface area contributed by atoms with E-state index in [1.807, 2.05) is 0 Å². The highest BCUT2D eigenvalue weighted by atomic mass is 15.1. The van der Waals surface area contributed by atoms with Gasteiger partial charge in [-0.1, -0.05) is 176 Å². The van der Waals surface area contributed by atoms with E-state index in [1.165, 1.54) is 87.5 Å². The Balaban J connectivity index is 1.02. The second-order valence-corrected chi connectivity index (χ2v) is 16.1. The van der Waals surface area contributed by atoms with Gasteiger partial charge >= 0.3 is 0 Å². The topological polar surface area (TPSA) is 8.17 Å². The summed E-state index contributed by atoms with van der Waals surface area (Å²) >= 11 is 0. The van der Waals surface area contributed by atoms with Crippen LogP contribution in [0.1, 0.15) is 0 Å². The Kier molecular flexibility index (Phi) is 8.53. The third-order valence-corrected chi connectivity index (χ3v) is 12.5. The molecule has 290 valence electrons. The lowest BCUT2D eigenvalue weighted by Gasteiger charge is -2.26. The standard InChI is InChI=1S/C60H40N2/c1-3-14-41(15-4-1)42-28-33-50(34-29-42)61(51-35-30-43(31-36-51)45-32-37-54-48(38-45)27-26-44-16-7-9-22-53(44)54)52-21-13-18-46(39-52)57-40-47-17-8-10-23-55(47)60-59(57)56-24-11-12-25-58(56)62(60)49-19-5-2-6-20-49/h1-40H. The number of hydrogen-bond acceptors (Lipinski definition) is 1. The third-order valence-electron chi connectivity index (χ3n) is 12.5. The van der Waals surface area contributed by atoms with Crippen molar-refractivity contribution in [3.05, 3.63) is 243 Å². The zero-order valence-electron chi connectivity index (χ0n) is 34.0.